The molecule has 0 saturated carbocycles. The van der Waals surface area contributed by atoms with Gasteiger partial charge in [-0.1, -0.05) is 41.5 Å². The lowest BCUT2D eigenvalue weighted by molar-refractivity contribution is 0.108. The molecule has 0 saturated heterocycles. The first-order valence-electron chi connectivity index (χ1n) is 6.49. The average Bonchev–Trinajstić information content (AvgIpc) is 2.35. The molecule has 0 aromatic heterocycles. The largest absolute Gasteiger partial charge is 0.276 e. The molecule has 0 fully saturated rings. The molecule has 0 atom stereocenters. The van der Waals surface area contributed by atoms with Gasteiger partial charge in [0.2, 0.25) is 0 Å². The van der Waals surface area contributed by atoms with Crippen molar-refractivity contribution in [3.8, 4) is 0 Å². The standard InChI is InChI=1S/C16H20BrClO/c1-14(2)10-7-9(13(18)19)12(17)8-11(10)15(3,4)16(14,5)6/h7-8H,1-6H3. The summed E-state index contributed by atoms with van der Waals surface area (Å²) in [7, 11) is 0. The van der Waals surface area contributed by atoms with Gasteiger partial charge in [0.15, 0.2) is 0 Å². The number of fused-ring (bicyclic) bond motifs is 1. The number of hydrogen-bond donors (Lipinski definition) is 0. The van der Waals surface area contributed by atoms with Crippen molar-refractivity contribution in [2.24, 2.45) is 5.41 Å². The van der Waals surface area contributed by atoms with E-state index in [9.17, 15) is 4.79 Å². The Morgan fingerprint density at radius 2 is 1.42 bits per heavy atom. The molecule has 104 valence electrons. The predicted molar refractivity (Wildman–Crippen MR) is 84.2 cm³/mol. The first-order chi connectivity index (χ1) is 8.44. The fourth-order valence-corrected chi connectivity index (χ4v) is 4.01. The van der Waals surface area contributed by atoms with E-state index in [-0.39, 0.29) is 16.2 Å². The maximum absolute atomic E-state index is 11.5. The van der Waals surface area contributed by atoms with Gasteiger partial charge in [0.1, 0.15) is 0 Å². The summed E-state index contributed by atoms with van der Waals surface area (Å²) in [4.78, 5) is 11.5. The Kier molecular flexibility index (Phi) is 3.23. The van der Waals surface area contributed by atoms with Crippen LogP contribution in [0.1, 0.15) is 63.0 Å². The predicted octanol–water partition coefficient (Wildman–Crippen LogP) is 5.42. The van der Waals surface area contributed by atoms with E-state index in [4.69, 9.17) is 11.6 Å². The molecule has 1 nitrogen and oxygen atoms in total. The number of carbonyl (C=O) groups is 1. The summed E-state index contributed by atoms with van der Waals surface area (Å²) < 4.78 is 0.785. The van der Waals surface area contributed by atoms with E-state index in [0.717, 1.165) is 4.47 Å². The number of hydrogen-bond acceptors (Lipinski definition) is 1. The molecule has 2 rings (SSSR count). The monoisotopic (exact) mass is 342 g/mol. The van der Waals surface area contributed by atoms with Gasteiger partial charge in [0, 0.05) is 10.0 Å². The van der Waals surface area contributed by atoms with Gasteiger partial charge >= 0.3 is 0 Å². The molecule has 0 heterocycles. The van der Waals surface area contributed by atoms with E-state index in [1.54, 1.807) is 0 Å². The highest BCUT2D eigenvalue weighted by Crippen LogP contribution is 2.61. The maximum Gasteiger partial charge on any atom is 0.253 e. The van der Waals surface area contributed by atoms with Crippen LogP contribution in [0, 0.1) is 5.41 Å². The van der Waals surface area contributed by atoms with Gasteiger partial charge in [-0.25, -0.2) is 0 Å². The van der Waals surface area contributed by atoms with Crippen molar-refractivity contribution < 1.29 is 4.79 Å². The van der Waals surface area contributed by atoms with E-state index in [2.05, 4.69) is 63.5 Å². The number of benzene rings is 1. The van der Waals surface area contributed by atoms with Crippen molar-refractivity contribution in [2.75, 3.05) is 0 Å². The molecule has 1 aliphatic rings. The maximum atomic E-state index is 11.5. The van der Waals surface area contributed by atoms with Crippen molar-refractivity contribution in [3.05, 3.63) is 33.3 Å². The molecule has 0 N–H and O–H groups in total. The Hall–Kier alpha value is -0.340. The molecule has 0 bridgehead atoms. The molecule has 3 heteroatoms. The van der Waals surface area contributed by atoms with E-state index >= 15 is 0 Å². The van der Waals surface area contributed by atoms with Crippen LogP contribution in [0.5, 0.6) is 0 Å². The van der Waals surface area contributed by atoms with Crippen LogP contribution >= 0.6 is 27.5 Å². The molecular weight excluding hydrogens is 324 g/mol. The molecule has 0 unspecified atom stereocenters. The zero-order chi connectivity index (χ0) is 14.8. The molecule has 0 aliphatic heterocycles. The minimum Gasteiger partial charge on any atom is -0.276 e. The van der Waals surface area contributed by atoms with E-state index in [1.165, 1.54) is 11.1 Å². The van der Waals surface area contributed by atoms with E-state index in [0.29, 0.717) is 5.56 Å². The third-order valence-corrected chi connectivity index (χ3v) is 6.65. The second-order valence-corrected chi connectivity index (χ2v) is 8.22. The number of carbonyl (C=O) groups excluding carboxylic acids is 1. The van der Waals surface area contributed by atoms with Crippen molar-refractivity contribution in [1.29, 1.82) is 0 Å². The molecule has 1 aromatic rings. The average molecular weight is 344 g/mol. The van der Waals surface area contributed by atoms with Gasteiger partial charge in [-0.15, -0.1) is 0 Å². The third-order valence-electron chi connectivity index (χ3n) is 5.79. The Balaban J connectivity index is 2.83. The van der Waals surface area contributed by atoms with Crippen LogP contribution in [0.25, 0.3) is 0 Å². The quantitative estimate of drug-likeness (QED) is 0.622. The Morgan fingerprint density at radius 3 is 1.84 bits per heavy atom. The van der Waals surface area contributed by atoms with Crippen LogP contribution in [-0.2, 0) is 10.8 Å². The Bertz CT molecular complexity index is 570. The summed E-state index contributed by atoms with van der Waals surface area (Å²) in [5.41, 5.74) is 3.22. The van der Waals surface area contributed by atoms with Gasteiger partial charge in [0.05, 0.1) is 0 Å². The lowest BCUT2D eigenvalue weighted by Gasteiger charge is -2.44. The normalized spacial score (nSPS) is 22.1. The molecular formula is C16H20BrClO. The third kappa shape index (κ3) is 1.76. The molecule has 1 aromatic carbocycles. The minimum absolute atomic E-state index is 0.00633. The van der Waals surface area contributed by atoms with Gasteiger partial charge in [-0.2, -0.15) is 0 Å². The van der Waals surface area contributed by atoms with Crippen LogP contribution in [0.3, 0.4) is 0 Å². The van der Waals surface area contributed by atoms with Crippen molar-refractivity contribution in [3.63, 3.8) is 0 Å². The fourth-order valence-electron chi connectivity index (χ4n) is 3.21. The van der Waals surface area contributed by atoms with Crippen LogP contribution in [0.15, 0.2) is 16.6 Å². The lowest BCUT2D eigenvalue weighted by Crippen LogP contribution is -2.42. The summed E-state index contributed by atoms with van der Waals surface area (Å²) in [5, 5.41) is -0.409. The smallest absolute Gasteiger partial charge is 0.253 e. The Labute approximate surface area is 128 Å². The first-order valence-corrected chi connectivity index (χ1v) is 7.66. The van der Waals surface area contributed by atoms with Crippen LogP contribution in [0.4, 0.5) is 0 Å². The fraction of sp³-hybridized carbons (Fsp3) is 0.562. The van der Waals surface area contributed by atoms with Gasteiger partial charge in [-0.3, -0.25) is 4.79 Å². The van der Waals surface area contributed by atoms with Crippen LogP contribution in [-0.4, -0.2) is 5.24 Å². The van der Waals surface area contributed by atoms with Crippen molar-refractivity contribution in [1.82, 2.24) is 0 Å². The topological polar surface area (TPSA) is 17.1 Å². The number of halogens is 2. The van der Waals surface area contributed by atoms with Crippen molar-refractivity contribution in [2.45, 2.75) is 52.4 Å². The zero-order valence-corrected chi connectivity index (χ0v) is 14.7. The molecule has 0 spiro atoms. The molecule has 0 amide bonds. The SMILES string of the molecule is CC1(C)c2cc(Br)c(C(=O)Cl)cc2C(C)(C)C1(C)C. The molecule has 19 heavy (non-hydrogen) atoms. The first kappa shape index (κ1) is 15.1. The zero-order valence-electron chi connectivity index (χ0n) is 12.3. The molecule has 0 radical (unpaired) electrons. The highest BCUT2D eigenvalue weighted by atomic mass is 79.9. The lowest BCUT2D eigenvalue weighted by atomic mass is 9.59. The molecule has 1 aliphatic carbocycles. The van der Waals surface area contributed by atoms with Gasteiger partial charge in [-0.05, 0) is 67.0 Å². The number of rotatable bonds is 1. The summed E-state index contributed by atoms with van der Waals surface area (Å²) in [5.74, 6) is 0. The summed E-state index contributed by atoms with van der Waals surface area (Å²) in [6.07, 6.45) is 0. The van der Waals surface area contributed by atoms with Crippen LogP contribution in [0.2, 0.25) is 0 Å². The Morgan fingerprint density at radius 1 is 1.00 bits per heavy atom. The summed E-state index contributed by atoms with van der Waals surface area (Å²) in [6.45, 7) is 13.6. The summed E-state index contributed by atoms with van der Waals surface area (Å²) in [6, 6.07) is 4.03. The van der Waals surface area contributed by atoms with E-state index in [1.807, 2.05) is 6.07 Å². The second kappa shape index (κ2) is 4.08. The van der Waals surface area contributed by atoms with Crippen LogP contribution < -0.4 is 0 Å². The van der Waals surface area contributed by atoms with Gasteiger partial charge in [0.25, 0.3) is 5.24 Å². The highest BCUT2D eigenvalue weighted by Gasteiger charge is 2.56. The highest BCUT2D eigenvalue weighted by molar-refractivity contribution is 9.10. The second-order valence-electron chi connectivity index (χ2n) is 7.03. The minimum atomic E-state index is -0.409. The van der Waals surface area contributed by atoms with Gasteiger partial charge < -0.3 is 0 Å². The summed E-state index contributed by atoms with van der Waals surface area (Å²) >= 11 is 9.15. The van der Waals surface area contributed by atoms with Crippen molar-refractivity contribution >= 4 is 32.8 Å². The van der Waals surface area contributed by atoms with E-state index < -0.39 is 5.24 Å².